The minimum absolute atomic E-state index is 0.0319. The van der Waals surface area contributed by atoms with Crippen LogP contribution in [0.5, 0.6) is 0 Å². The predicted octanol–water partition coefficient (Wildman–Crippen LogP) is 3.88. The molecule has 1 amide bonds. The van der Waals surface area contributed by atoms with Crippen molar-refractivity contribution in [2.45, 2.75) is 37.5 Å². The molecule has 0 aliphatic rings. The van der Waals surface area contributed by atoms with E-state index in [9.17, 15) is 22.0 Å². The Kier molecular flexibility index (Phi) is 7.41. The van der Waals surface area contributed by atoms with E-state index in [2.05, 4.69) is 20.0 Å². The highest BCUT2D eigenvalue weighted by Crippen LogP contribution is 2.26. The molecule has 0 bridgehead atoms. The zero-order chi connectivity index (χ0) is 24.2. The fourth-order valence-corrected chi connectivity index (χ4v) is 4.22. The monoisotopic (exact) mass is 494 g/mol. The Morgan fingerprint density at radius 3 is 2.52 bits per heavy atom. The van der Waals surface area contributed by atoms with Crippen molar-refractivity contribution in [1.82, 2.24) is 20.0 Å². The molecule has 7 nitrogen and oxygen atoms in total. The van der Waals surface area contributed by atoms with E-state index in [0.29, 0.717) is 17.0 Å². The number of hydrogen-bond donors (Lipinski definition) is 2. The van der Waals surface area contributed by atoms with Crippen LogP contribution in [0.15, 0.2) is 59.8 Å². The van der Waals surface area contributed by atoms with Crippen LogP contribution in [0.2, 0.25) is 5.02 Å². The number of aromatic nitrogens is 2. The largest absolute Gasteiger partial charge is 0.346 e. The third kappa shape index (κ3) is 6.31. The van der Waals surface area contributed by atoms with E-state index in [4.69, 9.17) is 11.6 Å². The summed E-state index contributed by atoms with van der Waals surface area (Å²) in [6.07, 6.45) is 2.82. The molecule has 2 heterocycles. The van der Waals surface area contributed by atoms with Gasteiger partial charge in [-0.1, -0.05) is 17.7 Å². The molecule has 0 radical (unpaired) electrons. The Hall–Kier alpha value is -2.95. The molecule has 0 fully saturated rings. The lowest BCUT2D eigenvalue weighted by Gasteiger charge is -2.18. The van der Waals surface area contributed by atoms with Crippen molar-refractivity contribution in [2.24, 2.45) is 0 Å². The highest BCUT2D eigenvalue weighted by atomic mass is 35.5. The van der Waals surface area contributed by atoms with Crippen molar-refractivity contribution < 1.29 is 22.0 Å². The van der Waals surface area contributed by atoms with E-state index in [0.717, 1.165) is 18.2 Å². The number of nitrogens with zero attached hydrogens (tertiary/aromatic N) is 2. The highest BCUT2D eigenvalue weighted by Gasteiger charge is 2.23. The average Bonchev–Trinajstić information content (AvgIpc) is 2.78. The minimum Gasteiger partial charge on any atom is -0.346 e. The Morgan fingerprint density at radius 1 is 1.12 bits per heavy atom. The third-order valence-corrected chi connectivity index (χ3v) is 6.37. The van der Waals surface area contributed by atoms with Gasteiger partial charge >= 0.3 is 0 Å². The molecule has 2 aromatic heterocycles. The molecule has 0 spiro atoms. The van der Waals surface area contributed by atoms with Crippen LogP contribution in [0, 0.1) is 5.82 Å². The van der Waals surface area contributed by atoms with Gasteiger partial charge < -0.3 is 5.32 Å². The van der Waals surface area contributed by atoms with Gasteiger partial charge in [-0.15, -0.1) is 0 Å². The summed E-state index contributed by atoms with van der Waals surface area (Å²) < 4.78 is 54.6. The van der Waals surface area contributed by atoms with Crippen molar-refractivity contribution in [2.75, 3.05) is 0 Å². The summed E-state index contributed by atoms with van der Waals surface area (Å²) in [5.74, 6) is -1.16. The molecule has 33 heavy (non-hydrogen) atoms. The third-order valence-electron chi connectivity index (χ3n) is 4.68. The summed E-state index contributed by atoms with van der Waals surface area (Å²) in [7, 11) is -3.94. The van der Waals surface area contributed by atoms with E-state index < -0.39 is 27.4 Å². The highest BCUT2D eigenvalue weighted by molar-refractivity contribution is 7.89. The molecule has 0 saturated carbocycles. The first kappa shape index (κ1) is 24.7. The first-order chi connectivity index (χ1) is 15.5. The van der Waals surface area contributed by atoms with Gasteiger partial charge in [-0.2, -0.15) is 0 Å². The number of carbonyl (C=O) groups excluding carboxylic acids is 1. The van der Waals surface area contributed by atoms with Crippen LogP contribution in [-0.2, 0) is 28.8 Å². The van der Waals surface area contributed by atoms with Gasteiger partial charge in [0.05, 0.1) is 40.0 Å². The SMILES string of the molecule is CC(C)(F)c1cccnc1CNC(=O)c1ccc(CNS(=O)(=O)c2ccc(F)c(Cl)c2)nc1. The van der Waals surface area contributed by atoms with Crippen molar-refractivity contribution in [3.05, 3.63) is 88.2 Å². The topological polar surface area (TPSA) is 101 Å². The molecule has 0 atom stereocenters. The molecule has 11 heteroatoms. The van der Waals surface area contributed by atoms with Crippen molar-refractivity contribution in [3.8, 4) is 0 Å². The fraction of sp³-hybridized carbons (Fsp3) is 0.227. The molecule has 0 aliphatic heterocycles. The molecule has 174 valence electrons. The molecule has 3 aromatic rings. The Bertz CT molecular complexity index is 1260. The second kappa shape index (κ2) is 9.90. The van der Waals surface area contributed by atoms with E-state index in [1.165, 1.54) is 38.4 Å². The van der Waals surface area contributed by atoms with Gasteiger partial charge in [0.1, 0.15) is 11.5 Å². The minimum atomic E-state index is -3.94. The molecule has 0 unspecified atom stereocenters. The fourth-order valence-electron chi connectivity index (χ4n) is 2.95. The van der Waals surface area contributed by atoms with Gasteiger partial charge in [-0.3, -0.25) is 14.8 Å². The predicted molar refractivity (Wildman–Crippen MR) is 119 cm³/mol. The van der Waals surface area contributed by atoms with Gasteiger partial charge in [-0.25, -0.2) is 21.9 Å². The molecular formula is C22H21ClF2N4O3S. The molecule has 0 saturated heterocycles. The smallest absolute Gasteiger partial charge is 0.253 e. The number of nitrogens with one attached hydrogen (secondary N) is 2. The number of rotatable bonds is 8. The molecule has 2 N–H and O–H groups in total. The number of amides is 1. The summed E-state index contributed by atoms with van der Waals surface area (Å²) in [5, 5.41) is 2.37. The second-order valence-corrected chi connectivity index (χ2v) is 9.77. The zero-order valence-electron chi connectivity index (χ0n) is 17.8. The van der Waals surface area contributed by atoms with Gasteiger partial charge in [0.15, 0.2) is 0 Å². The van der Waals surface area contributed by atoms with E-state index in [-0.39, 0.29) is 28.6 Å². The van der Waals surface area contributed by atoms with Gasteiger partial charge in [0, 0.05) is 18.0 Å². The lowest BCUT2D eigenvalue weighted by Crippen LogP contribution is -2.26. The standard InChI is InChI=1S/C22H21ClF2N4O3S/c1-22(2,25)17-4-3-9-26-20(17)13-28-21(30)14-5-6-15(27-11-14)12-29-33(31,32)16-7-8-19(24)18(23)10-16/h3-11,29H,12-13H2,1-2H3,(H,28,30). The van der Waals surface area contributed by atoms with Crippen LogP contribution in [0.1, 0.15) is 41.2 Å². The maximum atomic E-state index is 14.3. The number of carbonyl (C=O) groups is 1. The zero-order valence-corrected chi connectivity index (χ0v) is 19.3. The maximum absolute atomic E-state index is 14.3. The van der Waals surface area contributed by atoms with Gasteiger partial charge in [0.25, 0.3) is 5.91 Å². The van der Waals surface area contributed by atoms with Crippen molar-refractivity contribution in [1.29, 1.82) is 0 Å². The lowest BCUT2D eigenvalue weighted by atomic mass is 9.98. The van der Waals surface area contributed by atoms with Crippen LogP contribution in [0.25, 0.3) is 0 Å². The number of benzene rings is 1. The van der Waals surface area contributed by atoms with Crippen LogP contribution >= 0.6 is 11.6 Å². The van der Waals surface area contributed by atoms with Crippen molar-refractivity contribution in [3.63, 3.8) is 0 Å². The number of pyridine rings is 2. The van der Waals surface area contributed by atoms with Gasteiger partial charge in [0.2, 0.25) is 10.0 Å². The van der Waals surface area contributed by atoms with Crippen LogP contribution in [0.4, 0.5) is 8.78 Å². The van der Waals surface area contributed by atoms with E-state index >= 15 is 0 Å². The number of halogens is 3. The number of alkyl halides is 1. The quantitative estimate of drug-likeness (QED) is 0.495. The van der Waals surface area contributed by atoms with Crippen LogP contribution in [0.3, 0.4) is 0 Å². The van der Waals surface area contributed by atoms with Gasteiger partial charge in [-0.05, 0) is 50.2 Å². The molecule has 1 aromatic carbocycles. The first-order valence-corrected chi connectivity index (χ1v) is 11.6. The molecular weight excluding hydrogens is 474 g/mol. The summed E-state index contributed by atoms with van der Waals surface area (Å²) >= 11 is 5.64. The van der Waals surface area contributed by atoms with Crippen molar-refractivity contribution >= 4 is 27.5 Å². The Balaban J connectivity index is 1.61. The maximum Gasteiger partial charge on any atom is 0.253 e. The first-order valence-electron chi connectivity index (χ1n) is 9.78. The second-order valence-electron chi connectivity index (χ2n) is 7.59. The average molecular weight is 495 g/mol. The lowest BCUT2D eigenvalue weighted by molar-refractivity contribution is 0.0949. The summed E-state index contributed by atoms with van der Waals surface area (Å²) in [5.41, 5.74) is -0.213. The van der Waals surface area contributed by atoms with Crippen LogP contribution < -0.4 is 10.0 Å². The number of hydrogen-bond acceptors (Lipinski definition) is 5. The summed E-state index contributed by atoms with van der Waals surface area (Å²) in [6, 6.07) is 9.30. The summed E-state index contributed by atoms with van der Waals surface area (Å²) in [4.78, 5) is 20.5. The van der Waals surface area contributed by atoms with E-state index in [1.807, 2.05) is 0 Å². The Morgan fingerprint density at radius 2 is 1.88 bits per heavy atom. The number of sulfonamides is 1. The van der Waals surface area contributed by atoms with Crippen LogP contribution in [-0.4, -0.2) is 24.3 Å². The molecule has 3 rings (SSSR count). The molecule has 0 aliphatic carbocycles. The van der Waals surface area contributed by atoms with E-state index in [1.54, 1.807) is 12.1 Å². The summed E-state index contributed by atoms with van der Waals surface area (Å²) in [6.45, 7) is 2.71. The Labute approximate surface area is 195 Å². The normalized spacial score (nSPS) is 11.9.